The van der Waals surface area contributed by atoms with Crippen LogP contribution in [0.3, 0.4) is 0 Å². The van der Waals surface area contributed by atoms with Gasteiger partial charge in [0, 0.05) is 24.3 Å². The molecule has 0 bridgehead atoms. The number of rotatable bonds is 9. The quantitative estimate of drug-likeness (QED) is 0.232. The molecule has 5 N–H and O–H groups in total. The maximum absolute atomic E-state index is 13.4. The molecule has 1 aromatic rings. The first-order valence-corrected chi connectivity index (χ1v) is 16.9. The summed E-state index contributed by atoms with van der Waals surface area (Å²) in [5.41, 5.74) is 1.12. The summed E-state index contributed by atoms with van der Waals surface area (Å²) in [6, 6.07) is -0.710. The van der Waals surface area contributed by atoms with Gasteiger partial charge in [-0.05, 0) is 59.2 Å². The number of aliphatic hydroxyl groups is 5. The van der Waals surface area contributed by atoms with Gasteiger partial charge in [0.1, 0.15) is 17.9 Å². The third-order valence-electron chi connectivity index (χ3n) is 9.64. The van der Waals surface area contributed by atoms with E-state index in [1.54, 1.807) is 62.8 Å². The van der Waals surface area contributed by atoms with Gasteiger partial charge in [0.05, 0.1) is 56.3 Å². The summed E-state index contributed by atoms with van der Waals surface area (Å²) < 4.78 is 19.9. The van der Waals surface area contributed by atoms with E-state index in [0.717, 1.165) is 5.57 Å². The predicted octanol–water partition coefficient (Wildman–Crippen LogP) is 0.988. The average molecular weight is 681 g/mol. The van der Waals surface area contributed by atoms with Crippen LogP contribution in [0, 0.1) is 23.7 Å². The number of cyclic esters (lactones) is 1. The maximum atomic E-state index is 13.4. The highest BCUT2D eigenvalue weighted by Crippen LogP contribution is 2.35. The molecule has 0 radical (unpaired) electrons. The summed E-state index contributed by atoms with van der Waals surface area (Å²) in [4.78, 5) is 28.3. The van der Waals surface area contributed by atoms with E-state index in [0.29, 0.717) is 31.5 Å². The first-order valence-electron chi connectivity index (χ1n) is 16.9. The minimum absolute atomic E-state index is 0.132. The van der Waals surface area contributed by atoms with Gasteiger partial charge in [-0.15, -0.1) is 5.10 Å². The van der Waals surface area contributed by atoms with Gasteiger partial charge < -0.3 is 44.6 Å². The van der Waals surface area contributed by atoms with Gasteiger partial charge in [-0.3, -0.25) is 14.3 Å². The van der Waals surface area contributed by atoms with Gasteiger partial charge in [-0.2, -0.15) is 0 Å². The van der Waals surface area contributed by atoms with E-state index < -0.39 is 78.6 Å². The van der Waals surface area contributed by atoms with Crippen molar-refractivity contribution in [3.05, 3.63) is 35.7 Å². The topological polar surface area (TPSA) is 197 Å². The fourth-order valence-electron chi connectivity index (χ4n) is 6.68. The molecule has 0 saturated carbocycles. The molecule has 0 spiro atoms. The summed E-state index contributed by atoms with van der Waals surface area (Å²) in [6.45, 7) is 8.68. The van der Waals surface area contributed by atoms with E-state index in [1.165, 1.54) is 6.08 Å². The monoisotopic (exact) mass is 680 g/mol. The van der Waals surface area contributed by atoms with E-state index in [9.17, 15) is 35.1 Å². The molecule has 272 valence electrons. The van der Waals surface area contributed by atoms with Crippen LogP contribution in [0.4, 0.5) is 0 Å². The Morgan fingerprint density at radius 3 is 2.40 bits per heavy atom. The molecule has 1 fully saturated rings. The van der Waals surface area contributed by atoms with Crippen LogP contribution in [0.1, 0.15) is 66.0 Å². The van der Waals surface area contributed by atoms with Crippen molar-refractivity contribution in [2.45, 2.75) is 122 Å². The van der Waals surface area contributed by atoms with Crippen molar-refractivity contribution >= 4 is 11.8 Å². The molecular formula is C34H56N4O10. The smallest absolute Gasteiger partial charge is 0.308 e. The molecular weight excluding hydrogens is 624 g/mol. The van der Waals surface area contributed by atoms with E-state index in [2.05, 4.69) is 10.3 Å². The number of carbonyl (C=O) groups is 2. The fraction of sp³-hybridized carbons (Fsp3) is 0.765. The lowest BCUT2D eigenvalue weighted by molar-refractivity contribution is -0.304. The number of aromatic nitrogens is 3. The summed E-state index contributed by atoms with van der Waals surface area (Å²) in [5.74, 6) is -2.90. The molecule has 1 aromatic heterocycles. The van der Waals surface area contributed by atoms with Crippen molar-refractivity contribution < 1.29 is 49.3 Å². The van der Waals surface area contributed by atoms with Crippen molar-refractivity contribution in [1.29, 1.82) is 0 Å². The van der Waals surface area contributed by atoms with Crippen LogP contribution in [0.15, 0.2) is 30.0 Å². The number of nitrogens with zero attached hydrogens (tertiary/aromatic N) is 4. The second kappa shape index (κ2) is 18.4. The highest BCUT2D eigenvalue weighted by atomic mass is 16.7. The Morgan fingerprint density at radius 2 is 1.79 bits per heavy atom. The third-order valence-corrected chi connectivity index (χ3v) is 9.64. The standard InChI is InChI=1S/C34H56N4O10/c1-8-28-24(17-39)13-19(2)9-10-26(41)20(3)14-23(11-12-38-16-25(18-40)35-36-38)33(21(4)27(42)15-29(43)47-28)48-34-32(45)30(37(6)7)31(44)22(5)46-34/h9-10,13,16,20-24,27-28,30-34,39-40,42,44-45H,8,11-12,14-15,17-18H2,1-7H3/b10-9+,19-13+/t20-,21+,22-,23+,24-,27-,28-,30?,31-,32?,33-,34+/m1/s1. The van der Waals surface area contributed by atoms with Gasteiger partial charge in [-0.25, -0.2) is 0 Å². The number of aliphatic hydroxyl groups excluding tert-OH is 5. The zero-order valence-corrected chi connectivity index (χ0v) is 29.3. The number of esters is 1. The molecule has 0 aliphatic carbocycles. The Kier molecular flexibility index (Phi) is 15.3. The summed E-state index contributed by atoms with van der Waals surface area (Å²) >= 11 is 0. The van der Waals surface area contributed by atoms with Crippen LogP contribution in [-0.2, 0) is 37.0 Å². The van der Waals surface area contributed by atoms with Crippen molar-refractivity contribution in [2.75, 3.05) is 20.7 Å². The molecule has 2 unspecified atom stereocenters. The van der Waals surface area contributed by atoms with Crippen LogP contribution >= 0.6 is 0 Å². The second-order valence-electron chi connectivity index (χ2n) is 13.6. The fourth-order valence-corrected chi connectivity index (χ4v) is 6.68. The Labute approximate surface area is 283 Å². The molecule has 48 heavy (non-hydrogen) atoms. The first kappa shape index (κ1) is 39.9. The van der Waals surface area contributed by atoms with Crippen LogP contribution in [0.2, 0.25) is 0 Å². The number of hydrogen-bond acceptors (Lipinski definition) is 13. The minimum Gasteiger partial charge on any atom is -0.462 e. The maximum Gasteiger partial charge on any atom is 0.308 e. The first-order chi connectivity index (χ1) is 22.7. The minimum atomic E-state index is -1.26. The zero-order chi connectivity index (χ0) is 35.7. The molecule has 14 heteroatoms. The summed E-state index contributed by atoms with van der Waals surface area (Å²) in [5, 5.41) is 61.3. The number of ketones is 1. The number of likely N-dealkylation sites (N-methyl/N-ethyl adjacent to an activating group) is 1. The van der Waals surface area contributed by atoms with Crippen molar-refractivity contribution in [2.24, 2.45) is 23.7 Å². The second-order valence-corrected chi connectivity index (χ2v) is 13.6. The van der Waals surface area contributed by atoms with Gasteiger partial charge >= 0.3 is 5.97 Å². The van der Waals surface area contributed by atoms with Crippen LogP contribution in [-0.4, -0.2) is 127 Å². The molecule has 0 aromatic carbocycles. The average Bonchev–Trinajstić information content (AvgIpc) is 3.51. The number of allylic oxidation sites excluding steroid dienone is 3. The molecule has 14 nitrogen and oxygen atoms in total. The zero-order valence-electron chi connectivity index (χ0n) is 29.3. The lowest BCUT2D eigenvalue weighted by Crippen LogP contribution is -2.63. The Balaban J connectivity index is 2.06. The highest BCUT2D eigenvalue weighted by Gasteiger charge is 2.47. The SMILES string of the molecule is CC[C@H]1OC(=O)C[C@@H](O)[C@H](C)[C@@H](O[C@@H]2O[C@H](C)[C@@H](O)C(N(C)C)C2O)[C@@H](CCn2cc(CO)nn2)C[C@@H](C)C(=O)/C=C/C(C)=C/[C@@H]1CO. The van der Waals surface area contributed by atoms with Gasteiger partial charge in [0.15, 0.2) is 12.1 Å². The molecule has 3 rings (SSSR count). The van der Waals surface area contributed by atoms with Crippen molar-refractivity contribution in [3.63, 3.8) is 0 Å². The molecule has 1 saturated heterocycles. The third kappa shape index (κ3) is 10.5. The number of ether oxygens (including phenoxy) is 3. The predicted molar refractivity (Wildman–Crippen MR) is 175 cm³/mol. The lowest BCUT2D eigenvalue weighted by Gasteiger charge is -2.46. The van der Waals surface area contributed by atoms with Crippen molar-refractivity contribution in [3.8, 4) is 0 Å². The Bertz CT molecular complexity index is 1240. The lowest BCUT2D eigenvalue weighted by atomic mass is 9.79. The summed E-state index contributed by atoms with van der Waals surface area (Å²) in [7, 11) is 3.47. The molecule has 3 heterocycles. The van der Waals surface area contributed by atoms with E-state index >= 15 is 0 Å². The van der Waals surface area contributed by atoms with E-state index in [-0.39, 0.29) is 25.4 Å². The summed E-state index contributed by atoms with van der Waals surface area (Å²) in [6.07, 6.45) is 0.476. The molecule has 2 aliphatic rings. The molecule has 2 aliphatic heterocycles. The van der Waals surface area contributed by atoms with Gasteiger partial charge in [0.25, 0.3) is 0 Å². The van der Waals surface area contributed by atoms with Gasteiger partial charge in [0.2, 0.25) is 0 Å². The van der Waals surface area contributed by atoms with Gasteiger partial charge in [-0.1, -0.05) is 43.7 Å². The number of hydrogen-bond donors (Lipinski definition) is 5. The van der Waals surface area contributed by atoms with E-state index in [1.807, 2.05) is 13.8 Å². The largest absolute Gasteiger partial charge is 0.462 e. The number of carbonyl (C=O) groups excluding carboxylic acids is 2. The normalized spacial score (nSPS) is 38.0. The van der Waals surface area contributed by atoms with E-state index in [4.69, 9.17) is 14.2 Å². The number of aryl methyl sites for hydroxylation is 1. The van der Waals surface area contributed by atoms with Crippen molar-refractivity contribution in [1.82, 2.24) is 19.9 Å². The Morgan fingerprint density at radius 1 is 1.08 bits per heavy atom. The van der Waals surface area contributed by atoms with Crippen LogP contribution in [0.25, 0.3) is 0 Å². The highest BCUT2D eigenvalue weighted by molar-refractivity contribution is 5.91. The van der Waals surface area contributed by atoms with Crippen LogP contribution in [0.5, 0.6) is 0 Å². The molecule has 12 atom stereocenters. The van der Waals surface area contributed by atoms with Crippen LogP contribution < -0.4 is 0 Å². The molecule has 0 amide bonds. The Hall–Kier alpha value is -2.56.